The molecule has 4 aliphatic carbocycles. The van der Waals surface area contributed by atoms with E-state index < -0.39 is 0 Å². The van der Waals surface area contributed by atoms with Crippen molar-refractivity contribution < 1.29 is 9.53 Å². The van der Waals surface area contributed by atoms with Gasteiger partial charge in [0, 0.05) is 17.4 Å². The summed E-state index contributed by atoms with van der Waals surface area (Å²) in [5.74, 6) is 3.71. The average molecular weight is 311 g/mol. The standard InChI is InChI=1S/C20H25NO2/c22-19(20-10-13-7-14(11-20)9-15(8-13)12-20)21-17-5-6-23-18-4-2-1-3-16(17)18/h1-4,13-15,17H,5-12H2,(H,21,22)/t13?,14?,15?,17-,20?/m0/s1. The normalized spacial score (nSPS) is 40.3. The fraction of sp³-hybridized carbons (Fsp3) is 0.650. The van der Waals surface area contributed by atoms with Crippen LogP contribution in [0.3, 0.4) is 0 Å². The second kappa shape index (κ2) is 4.99. The second-order valence-electron chi connectivity index (χ2n) is 8.40. The van der Waals surface area contributed by atoms with Crippen molar-refractivity contribution in [2.45, 2.75) is 51.0 Å². The first kappa shape index (κ1) is 13.9. The molecule has 1 amide bonds. The molecule has 5 aliphatic rings. The quantitative estimate of drug-likeness (QED) is 0.901. The molecule has 1 aliphatic heterocycles. The summed E-state index contributed by atoms with van der Waals surface area (Å²) in [7, 11) is 0. The van der Waals surface area contributed by atoms with Gasteiger partial charge in [-0.25, -0.2) is 0 Å². The zero-order valence-corrected chi connectivity index (χ0v) is 13.6. The van der Waals surface area contributed by atoms with Crippen LogP contribution < -0.4 is 10.1 Å². The highest BCUT2D eigenvalue weighted by Gasteiger charge is 2.54. The van der Waals surface area contributed by atoms with Crippen LogP contribution in [0.2, 0.25) is 0 Å². The summed E-state index contributed by atoms with van der Waals surface area (Å²) in [4.78, 5) is 13.2. The van der Waals surface area contributed by atoms with Crippen molar-refractivity contribution in [1.29, 1.82) is 0 Å². The number of carbonyl (C=O) groups is 1. The van der Waals surface area contributed by atoms with E-state index in [0.717, 1.165) is 54.7 Å². The lowest BCUT2D eigenvalue weighted by Crippen LogP contribution is -2.54. The van der Waals surface area contributed by atoms with Crippen molar-refractivity contribution in [2.75, 3.05) is 6.61 Å². The Morgan fingerprint density at radius 2 is 1.70 bits per heavy atom. The van der Waals surface area contributed by atoms with Crippen LogP contribution in [0, 0.1) is 23.2 Å². The lowest BCUT2D eigenvalue weighted by atomic mass is 9.49. The Hall–Kier alpha value is -1.51. The molecule has 3 heteroatoms. The molecule has 3 nitrogen and oxygen atoms in total. The lowest BCUT2D eigenvalue weighted by Gasteiger charge is -2.56. The highest BCUT2D eigenvalue weighted by molar-refractivity contribution is 5.83. The molecule has 0 saturated heterocycles. The van der Waals surface area contributed by atoms with Gasteiger partial charge in [0.15, 0.2) is 0 Å². The van der Waals surface area contributed by atoms with Crippen molar-refractivity contribution in [3.05, 3.63) is 29.8 Å². The first-order valence-corrected chi connectivity index (χ1v) is 9.24. The lowest BCUT2D eigenvalue weighted by molar-refractivity contribution is -0.147. The van der Waals surface area contributed by atoms with Crippen molar-refractivity contribution in [2.24, 2.45) is 23.2 Å². The monoisotopic (exact) mass is 311 g/mol. The second-order valence-corrected chi connectivity index (χ2v) is 8.40. The van der Waals surface area contributed by atoms with Gasteiger partial charge < -0.3 is 10.1 Å². The van der Waals surface area contributed by atoms with Gasteiger partial charge in [0.25, 0.3) is 0 Å². The van der Waals surface area contributed by atoms with E-state index in [1.54, 1.807) is 0 Å². The molecule has 6 rings (SSSR count). The van der Waals surface area contributed by atoms with Gasteiger partial charge in [-0.2, -0.15) is 0 Å². The number of rotatable bonds is 2. The molecular weight excluding hydrogens is 286 g/mol. The van der Waals surface area contributed by atoms with Gasteiger partial charge in [-0.15, -0.1) is 0 Å². The van der Waals surface area contributed by atoms with Crippen LogP contribution >= 0.6 is 0 Å². The summed E-state index contributed by atoms with van der Waals surface area (Å²) in [6, 6.07) is 8.28. The first-order chi connectivity index (χ1) is 11.2. The van der Waals surface area contributed by atoms with Gasteiger partial charge in [0.1, 0.15) is 5.75 Å². The summed E-state index contributed by atoms with van der Waals surface area (Å²) < 4.78 is 5.73. The predicted octanol–water partition coefficient (Wildman–Crippen LogP) is 3.84. The van der Waals surface area contributed by atoms with E-state index in [-0.39, 0.29) is 11.5 Å². The van der Waals surface area contributed by atoms with Gasteiger partial charge in [0.2, 0.25) is 5.91 Å². The molecule has 1 atom stereocenters. The number of fused-ring (bicyclic) bond motifs is 1. The third-order valence-corrected chi connectivity index (χ3v) is 6.78. The van der Waals surface area contributed by atoms with Crippen molar-refractivity contribution in [1.82, 2.24) is 5.32 Å². The van der Waals surface area contributed by atoms with Crippen LogP contribution in [0.1, 0.15) is 56.6 Å². The first-order valence-electron chi connectivity index (χ1n) is 9.24. The van der Waals surface area contributed by atoms with Crippen LogP contribution in [0.5, 0.6) is 5.75 Å². The number of carbonyl (C=O) groups excluding carboxylic acids is 1. The third-order valence-electron chi connectivity index (χ3n) is 6.78. The van der Waals surface area contributed by atoms with Crippen LogP contribution in [-0.4, -0.2) is 12.5 Å². The van der Waals surface area contributed by atoms with Crippen molar-refractivity contribution >= 4 is 5.91 Å². The Labute approximate surface area is 137 Å². The van der Waals surface area contributed by atoms with E-state index in [1.165, 1.54) is 19.3 Å². The minimum atomic E-state index is -0.0536. The van der Waals surface area contributed by atoms with Crippen LogP contribution in [0.4, 0.5) is 0 Å². The van der Waals surface area contributed by atoms with E-state index in [1.807, 2.05) is 18.2 Å². The number of hydrogen-bond acceptors (Lipinski definition) is 2. The molecule has 1 aromatic rings. The Morgan fingerprint density at radius 3 is 2.39 bits per heavy atom. The maximum atomic E-state index is 13.2. The van der Waals surface area contributed by atoms with E-state index in [9.17, 15) is 4.79 Å². The summed E-state index contributed by atoms with van der Waals surface area (Å²) >= 11 is 0. The number of para-hydroxylation sites is 1. The maximum Gasteiger partial charge on any atom is 0.226 e. The SMILES string of the molecule is O=C(N[C@H]1CCOc2ccccc21)C12CC3CC(CC(C3)C1)C2. The number of nitrogens with one attached hydrogen (secondary N) is 1. The molecule has 1 N–H and O–H groups in total. The topological polar surface area (TPSA) is 38.3 Å². The summed E-state index contributed by atoms with van der Waals surface area (Å²) in [6.07, 6.45) is 8.43. The zero-order valence-electron chi connectivity index (χ0n) is 13.6. The molecule has 1 aromatic carbocycles. The molecule has 0 unspecified atom stereocenters. The third kappa shape index (κ3) is 2.20. The Bertz CT molecular complexity index is 603. The molecule has 0 radical (unpaired) electrons. The fourth-order valence-corrected chi connectivity index (χ4v) is 6.19. The number of amides is 1. The highest BCUT2D eigenvalue weighted by atomic mass is 16.5. The zero-order chi connectivity index (χ0) is 15.4. The highest BCUT2D eigenvalue weighted by Crippen LogP contribution is 2.60. The molecule has 0 spiro atoms. The van der Waals surface area contributed by atoms with Crippen molar-refractivity contribution in [3.63, 3.8) is 0 Å². The summed E-state index contributed by atoms with van der Waals surface area (Å²) in [5, 5.41) is 3.41. The largest absolute Gasteiger partial charge is 0.493 e. The summed E-state index contributed by atoms with van der Waals surface area (Å²) in [6.45, 7) is 0.697. The minimum Gasteiger partial charge on any atom is -0.493 e. The van der Waals surface area contributed by atoms with E-state index in [4.69, 9.17) is 4.74 Å². The van der Waals surface area contributed by atoms with E-state index in [2.05, 4.69) is 11.4 Å². The molecular formula is C20H25NO2. The van der Waals surface area contributed by atoms with E-state index in [0.29, 0.717) is 12.5 Å². The van der Waals surface area contributed by atoms with Gasteiger partial charge in [-0.3, -0.25) is 4.79 Å². The Morgan fingerprint density at radius 1 is 1.04 bits per heavy atom. The van der Waals surface area contributed by atoms with Crippen molar-refractivity contribution in [3.8, 4) is 5.75 Å². The molecule has 1 heterocycles. The molecule has 23 heavy (non-hydrogen) atoms. The number of ether oxygens (including phenoxy) is 1. The Balaban J connectivity index is 1.38. The molecule has 4 saturated carbocycles. The number of benzene rings is 1. The minimum absolute atomic E-state index is 0.0536. The predicted molar refractivity (Wildman–Crippen MR) is 88.0 cm³/mol. The smallest absolute Gasteiger partial charge is 0.226 e. The van der Waals surface area contributed by atoms with Gasteiger partial charge in [-0.05, 0) is 62.3 Å². The van der Waals surface area contributed by atoms with Gasteiger partial charge in [-0.1, -0.05) is 18.2 Å². The Kier molecular flexibility index (Phi) is 3.01. The van der Waals surface area contributed by atoms with Gasteiger partial charge >= 0.3 is 0 Å². The molecule has 4 bridgehead atoms. The van der Waals surface area contributed by atoms with Crippen LogP contribution in [0.25, 0.3) is 0 Å². The van der Waals surface area contributed by atoms with Crippen LogP contribution in [0.15, 0.2) is 24.3 Å². The fourth-order valence-electron chi connectivity index (χ4n) is 6.19. The van der Waals surface area contributed by atoms with E-state index >= 15 is 0 Å². The maximum absolute atomic E-state index is 13.2. The van der Waals surface area contributed by atoms with Gasteiger partial charge in [0.05, 0.1) is 12.6 Å². The number of hydrogen-bond donors (Lipinski definition) is 1. The molecule has 4 fully saturated rings. The molecule has 122 valence electrons. The summed E-state index contributed by atoms with van der Waals surface area (Å²) in [5.41, 5.74) is 1.10. The molecule has 0 aromatic heterocycles. The average Bonchev–Trinajstić information content (AvgIpc) is 2.54. The van der Waals surface area contributed by atoms with Crippen LogP contribution in [-0.2, 0) is 4.79 Å².